The lowest BCUT2D eigenvalue weighted by Crippen LogP contribution is -2.20. The molecule has 3 N–H and O–H groups in total. The fourth-order valence-corrected chi connectivity index (χ4v) is 3.17. The van der Waals surface area contributed by atoms with Crippen LogP contribution in [0.15, 0.2) is 60.7 Å². The highest BCUT2D eigenvalue weighted by Crippen LogP contribution is 2.37. The molecule has 0 atom stereocenters. The minimum absolute atomic E-state index is 0.196. The van der Waals surface area contributed by atoms with Gasteiger partial charge in [-0.3, -0.25) is 4.79 Å². The SMILES string of the molecule is CCOc1cc(CNc2ccc(O)cc2)cc(Cl)c1OCC(=O)Nc1ccc(C)cc1. The van der Waals surface area contributed by atoms with E-state index in [2.05, 4.69) is 10.6 Å². The van der Waals surface area contributed by atoms with Crippen LogP contribution in [0.3, 0.4) is 0 Å². The van der Waals surface area contributed by atoms with Gasteiger partial charge in [-0.15, -0.1) is 0 Å². The van der Waals surface area contributed by atoms with Gasteiger partial charge in [0.25, 0.3) is 5.91 Å². The third kappa shape index (κ3) is 6.55. The van der Waals surface area contributed by atoms with Gasteiger partial charge in [0.15, 0.2) is 18.1 Å². The zero-order valence-corrected chi connectivity index (χ0v) is 18.2. The summed E-state index contributed by atoms with van der Waals surface area (Å²) in [5.41, 5.74) is 3.56. The quantitative estimate of drug-likeness (QED) is 0.389. The zero-order valence-electron chi connectivity index (χ0n) is 17.4. The highest BCUT2D eigenvalue weighted by atomic mass is 35.5. The van der Waals surface area contributed by atoms with Crippen LogP contribution in [0, 0.1) is 6.92 Å². The van der Waals surface area contributed by atoms with Gasteiger partial charge < -0.3 is 25.2 Å². The minimum atomic E-state index is -0.291. The fourth-order valence-electron chi connectivity index (χ4n) is 2.88. The molecule has 0 aliphatic rings. The van der Waals surface area contributed by atoms with E-state index in [9.17, 15) is 9.90 Å². The van der Waals surface area contributed by atoms with Crippen molar-refractivity contribution in [1.29, 1.82) is 0 Å². The Balaban J connectivity index is 1.65. The van der Waals surface area contributed by atoms with Gasteiger partial charge in [-0.05, 0) is 67.9 Å². The second-order valence-corrected chi connectivity index (χ2v) is 7.35. The van der Waals surface area contributed by atoms with Crippen LogP contribution < -0.4 is 20.1 Å². The minimum Gasteiger partial charge on any atom is -0.508 e. The second-order valence-electron chi connectivity index (χ2n) is 6.94. The van der Waals surface area contributed by atoms with Crippen LogP contribution in [0.1, 0.15) is 18.1 Å². The lowest BCUT2D eigenvalue weighted by molar-refractivity contribution is -0.118. The lowest BCUT2D eigenvalue weighted by atomic mass is 10.2. The predicted octanol–water partition coefficient (Wildman–Crippen LogP) is 5.38. The van der Waals surface area contributed by atoms with Gasteiger partial charge in [-0.25, -0.2) is 0 Å². The third-order valence-electron chi connectivity index (χ3n) is 4.42. The number of carbonyl (C=O) groups is 1. The number of benzene rings is 3. The number of nitrogens with one attached hydrogen (secondary N) is 2. The first-order valence-electron chi connectivity index (χ1n) is 9.92. The predicted molar refractivity (Wildman–Crippen MR) is 123 cm³/mol. The Morgan fingerprint density at radius 2 is 1.68 bits per heavy atom. The fraction of sp³-hybridized carbons (Fsp3) is 0.208. The number of phenolic OH excluding ortho intramolecular Hbond substituents is 1. The molecule has 6 nitrogen and oxygen atoms in total. The summed E-state index contributed by atoms with van der Waals surface area (Å²) in [4.78, 5) is 12.3. The smallest absolute Gasteiger partial charge is 0.262 e. The first kappa shape index (κ1) is 22.3. The van der Waals surface area contributed by atoms with Crippen molar-refractivity contribution in [2.75, 3.05) is 23.8 Å². The van der Waals surface area contributed by atoms with Crippen LogP contribution in [0.2, 0.25) is 5.02 Å². The number of halogens is 1. The molecular weight excluding hydrogens is 416 g/mol. The molecule has 0 radical (unpaired) electrons. The van der Waals surface area contributed by atoms with Gasteiger partial charge in [0.05, 0.1) is 11.6 Å². The molecule has 3 rings (SSSR count). The first-order valence-corrected chi connectivity index (χ1v) is 10.3. The molecule has 7 heteroatoms. The van der Waals surface area contributed by atoms with Crippen molar-refractivity contribution in [3.8, 4) is 17.2 Å². The maximum atomic E-state index is 12.3. The molecular formula is C24H25ClN2O4. The molecule has 0 unspecified atom stereocenters. The molecule has 0 aliphatic carbocycles. The van der Waals surface area contributed by atoms with E-state index in [0.717, 1.165) is 16.8 Å². The van der Waals surface area contributed by atoms with Crippen molar-refractivity contribution >= 4 is 28.9 Å². The van der Waals surface area contributed by atoms with E-state index in [-0.39, 0.29) is 18.3 Å². The topological polar surface area (TPSA) is 79.8 Å². The number of phenols is 1. The lowest BCUT2D eigenvalue weighted by Gasteiger charge is -2.16. The average molecular weight is 441 g/mol. The van der Waals surface area contributed by atoms with Crippen molar-refractivity contribution in [3.05, 3.63) is 76.8 Å². The Kier molecular flexibility index (Phi) is 7.62. The molecule has 1 amide bonds. The number of ether oxygens (including phenoxy) is 2. The Morgan fingerprint density at radius 3 is 2.35 bits per heavy atom. The summed E-state index contributed by atoms with van der Waals surface area (Å²) >= 11 is 6.44. The Morgan fingerprint density at radius 1 is 1.00 bits per heavy atom. The summed E-state index contributed by atoms with van der Waals surface area (Å²) < 4.78 is 11.4. The summed E-state index contributed by atoms with van der Waals surface area (Å²) in [7, 11) is 0. The van der Waals surface area contributed by atoms with Crippen LogP contribution in [-0.4, -0.2) is 24.2 Å². The van der Waals surface area contributed by atoms with Gasteiger partial charge in [0.1, 0.15) is 5.75 Å². The van der Waals surface area contributed by atoms with E-state index in [4.69, 9.17) is 21.1 Å². The summed E-state index contributed by atoms with van der Waals surface area (Å²) in [6, 6.07) is 17.9. The van der Waals surface area contributed by atoms with Gasteiger partial charge in [-0.1, -0.05) is 29.3 Å². The number of hydrogen-bond acceptors (Lipinski definition) is 5. The van der Waals surface area contributed by atoms with E-state index in [1.165, 1.54) is 0 Å². The Bertz CT molecular complexity index is 1020. The van der Waals surface area contributed by atoms with Crippen molar-refractivity contribution < 1.29 is 19.4 Å². The van der Waals surface area contributed by atoms with Crippen LogP contribution in [0.25, 0.3) is 0 Å². The molecule has 3 aromatic carbocycles. The first-order chi connectivity index (χ1) is 14.9. The summed E-state index contributed by atoms with van der Waals surface area (Å²) in [5, 5.41) is 15.8. The molecule has 3 aromatic rings. The monoisotopic (exact) mass is 440 g/mol. The van der Waals surface area contributed by atoms with E-state index in [1.54, 1.807) is 30.3 Å². The zero-order chi connectivity index (χ0) is 22.2. The molecule has 31 heavy (non-hydrogen) atoms. The average Bonchev–Trinajstić information content (AvgIpc) is 2.74. The molecule has 0 aliphatic heterocycles. The molecule has 162 valence electrons. The molecule has 0 saturated carbocycles. The van der Waals surface area contributed by atoms with Crippen molar-refractivity contribution in [1.82, 2.24) is 0 Å². The Hall–Kier alpha value is -3.38. The van der Waals surface area contributed by atoms with Crippen LogP contribution in [0.5, 0.6) is 17.2 Å². The number of rotatable bonds is 9. The third-order valence-corrected chi connectivity index (χ3v) is 4.70. The highest BCUT2D eigenvalue weighted by Gasteiger charge is 2.15. The highest BCUT2D eigenvalue weighted by molar-refractivity contribution is 6.32. The van der Waals surface area contributed by atoms with Crippen LogP contribution in [-0.2, 0) is 11.3 Å². The number of anilines is 2. The molecule has 0 aromatic heterocycles. The van der Waals surface area contributed by atoms with E-state index in [0.29, 0.717) is 35.4 Å². The number of hydrogen-bond donors (Lipinski definition) is 3. The second kappa shape index (κ2) is 10.6. The van der Waals surface area contributed by atoms with Crippen molar-refractivity contribution in [2.24, 2.45) is 0 Å². The summed E-state index contributed by atoms with van der Waals surface area (Å²) in [6.07, 6.45) is 0. The van der Waals surface area contributed by atoms with E-state index >= 15 is 0 Å². The van der Waals surface area contributed by atoms with E-state index in [1.807, 2.05) is 44.2 Å². The number of carbonyl (C=O) groups excluding carboxylic acids is 1. The molecule has 0 bridgehead atoms. The van der Waals surface area contributed by atoms with Crippen molar-refractivity contribution in [2.45, 2.75) is 20.4 Å². The van der Waals surface area contributed by atoms with Crippen LogP contribution in [0.4, 0.5) is 11.4 Å². The van der Waals surface area contributed by atoms with Gasteiger partial charge in [0, 0.05) is 17.9 Å². The maximum absolute atomic E-state index is 12.3. The standard InChI is InChI=1S/C24H25ClN2O4/c1-3-30-22-13-17(14-26-18-8-10-20(28)11-9-18)12-21(25)24(22)31-15-23(29)27-19-6-4-16(2)5-7-19/h4-13,26,28H,3,14-15H2,1-2H3,(H,27,29). The van der Waals surface area contributed by atoms with E-state index < -0.39 is 0 Å². The van der Waals surface area contributed by atoms with Crippen LogP contribution >= 0.6 is 11.6 Å². The number of aryl methyl sites for hydroxylation is 1. The maximum Gasteiger partial charge on any atom is 0.262 e. The number of aromatic hydroxyl groups is 1. The Labute approximate surface area is 186 Å². The normalized spacial score (nSPS) is 10.4. The molecule has 0 heterocycles. The largest absolute Gasteiger partial charge is 0.508 e. The molecule has 0 fully saturated rings. The summed E-state index contributed by atoms with van der Waals surface area (Å²) in [5.74, 6) is 0.720. The summed E-state index contributed by atoms with van der Waals surface area (Å²) in [6.45, 7) is 4.58. The number of amides is 1. The molecule has 0 spiro atoms. The van der Waals surface area contributed by atoms with Gasteiger partial charge in [0.2, 0.25) is 0 Å². The van der Waals surface area contributed by atoms with Gasteiger partial charge >= 0.3 is 0 Å². The molecule has 0 saturated heterocycles. The van der Waals surface area contributed by atoms with Crippen molar-refractivity contribution in [3.63, 3.8) is 0 Å². The van der Waals surface area contributed by atoms with Gasteiger partial charge in [-0.2, -0.15) is 0 Å².